The van der Waals surface area contributed by atoms with E-state index in [1.807, 2.05) is 40.6 Å². The Labute approximate surface area is 209 Å². The molecule has 1 aromatic carbocycles. The molecule has 1 aliphatic carbocycles. The molecule has 1 aliphatic heterocycles. The summed E-state index contributed by atoms with van der Waals surface area (Å²) in [6, 6.07) is 7.67. The molecule has 2 aromatic rings. The maximum absolute atomic E-state index is 13.0. The molecule has 0 saturated carbocycles. The average Bonchev–Trinajstić information content (AvgIpc) is 3.36. The molecule has 2 aliphatic rings. The van der Waals surface area contributed by atoms with Crippen molar-refractivity contribution in [2.24, 2.45) is 0 Å². The van der Waals surface area contributed by atoms with Gasteiger partial charge in [0.05, 0.1) is 5.01 Å². The number of thiazole rings is 1. The Bertz CT molecular complexity index is 1170. The van der Waals surface area contributed by atoms with Gasteiger partial charge in [-0.3, -0.25) is 4.79 Å². The number of urea groups is 1. The molecule has 0 bridgehead atoms. The Morgan fingerprint density at radius 3 is 2.83 bits per heavy atom. The second-order valence-electron chi connectivity index (χ2n) is 8.51. The highest BCUT2D eigenvalue weighted by Crippen LogP contribution is 2.32. The van der Waals surface area contributed by atoms with Crippen LogP contribution in [0.2, 0.25) is 0 Å². The lowest BCUT2D eigenvalue weighted by Crippen LogP contribution is -2.44. The summed E-state index contributed by atoms with van der Waals surface area (Å²) in [7, 11) is 0. The summed E-state index contributed by atoms with van der Waals surface area (Å²) in [5.41, 5.74) is 3.19. The van der Waals surface area contributed by atoms with Gasteiger partial charge in [0.1, 0.15) is 11.5 Å². The Kier molecular flexibility index (Phi) is 8.15. The summed E-state index contributed by atoms with van der Waals surface area (Å²) in [6.45, 7) is 5.41. The van der Waals surface area contributed by atoms with Crippen LogP contribution in [0.1, 0.15) is 52.7 Å². The van der Waals surface area contributed by atoms with E-state index in [1.54, 1.807) is 18.2 Å². The van der Waals surface area contributed by atoms with Crippen LogP contribution in [0.4, 0.5) is 10.5 Å². The molecule has 0 atom stereocenters. The predicted molar refractivity (Wildman–Crippen MR) is 141 cm³/mol. The van der Waals surface area contributed by atoms with Gasteiger partial charge >= 0.3 is 6.03 Å². The topological polar surface area (TPSA) is 94.6 Å². The summed E-state index contributed by atoms with van der Waals surface area (Å²) in [5, 5.41) is 18.3. The smallest absolute Gasteiger partial charge is 0.317 e. The zero-order valence-corrected chi connectivity index (χ0v) is 20.4. The van der Waals surface area contributed by atoms with Crippen molar-refractivity contribution in [3.63, 3.8) is 0 Å². The van der Waals surface area contributed by atoms with Crippen molar-refractivity contribution >= 4 is 34.5 Å². The number of rotatable bonds is 6. The molecular formula is C27H30N4O3S. The number of para-hydroxylation sites is 1. The maximum Gasteiger partial charge on any atom is 0.317 e. The Morgan fingerprint density at radius 1 is 1.23 bits per heavy atom. The zero-order valence-electron chi connectivity index (χ0n) is 19.6. The quantitative estimate of drug-likeness (QED) is 0.456. The van der Waals surface area contributed by atoms with Crippen molar-refractivity contribution in [2.75, 3.05) is 25.0 Å². The standard InChI is InChI=1S/C27H30N4O3S/c1-2-15-28-27(34)31-16-13-20(14-17-31)26-30-24(18-35-26)25(33)29-23-12-4-3-11-22(23)19-7-5-9-21(32)10-6-8-19/h2-5,8-12,18,20,32H,1,6-7,13-17H2,(H,28,34)(H,29,33)/b9-5-,19-8+,21-10?. The number of hydrogen-bond acceptors (Lipinski definition) is 5. The molecule has 3 N–H and O–H groups in total. The molecule has 35 heavy (non-hydrogen) atoms. The monoisotopic (exact) mass is 490 g/mol. The molecule has 2 heterocycles. The molecule has 0 spiro atoms. The lowest BCUT2D eigenvalue weighted by molar-refractivity contribution is 0.102. The van der Waals surface area contributed by atoms with Crippen LogP contribution in [-0.2, 0) is 0 Å². The summed E-state index contributed by atoms with van der Waals surface area (Å²) >= 11 is 1.50. The number of anilines is 1. The first-order chi connectivity index (χ1) is 17.0. The number of benzene rings is 1. The van der Waals surface area contributed by atoms with Crippen molar-refractivity contribution in [1.82, 2.24) is 15.2 Å². The summed E-state index contributed by atoms with van der Waals surface area (Å²) < 4.78 is 0. The third kappa shape index (κ3) is 6.27. The number of aliphatic hydroxyl groups is 1. The van der Waals surface area contributed by atoms with Crippen LogP contribution in [0.25, 0.3) is 5.57 Å². The van der Waals surface area contributed by atoms with Crippen LogP contribution in [0.5, 0.6) is 0 Å². The normalized spacial score (nSPS) is 18.9. The first-order valence-electron chi connectivity index (χ1n) is 11.8. The number of nitrogens with zero attached hydrogens (tertiary/aromatic N) is 2. The molecule has 3 amide bonds. The lowest BCUT2D eigenvalue weighted by Gasteiger charge is -2.31. The third-order valence-electron chi connectivity index (χ3n) is 6.12. The molecule has 8 heteroatoms. The van der Waals surface area contributed by atoms with Crippen LogP contribution in [0, 0.1) is 0 Å². The lowest BCUT2D eigenvalue weighted by atomic mass is 9.97. The van der Waals surface area contributed by atoms with E-state index in [1.165, 1.54) is 11.3 Å². The predicted octanol–water partition coefficient (Wildman–Crippen LogP) is 5.65. The van der Waals surface area contributed by atoms with E-state index < -0.39 is 0 Å². The van der Waals surface area contributed by atoms with E-state index in [9.17, 15) is 14.7 Å². The number of likely N-dealkylation sites (tertiary alicyclic amines) is 1. The van der Waals surface area contributed by atoms with Gasteiger partial charge in [-0.1, -0.05) is 36.4 Å². The van der Waals surface area contributed by atoms with Crippen LogP contribution < -0.4 is 10.6 Å². The number of allylic oxidation sites excluding steroid dienone is 5. The molecule has 1 fully saturated rings. The maximum atomic E-state index is 13.0. The molecule has 182 valence electrons. The van der Waals surface area contributed by atoms with Crippen LogP contribution in [0.15, 0.2) is 72.4 Å². The minimum atomic E-state index is -0.235. The third-order valence-corrected chi connectivity index (χ3v) is 7.13. The number of piperidine rings is 1. The zero-order chi connectivity index (χ0) is 24.6. The van der Waals surface area contributed by atoms with E-state index in [2.05, 4.69) is 28.3 Å². The van der Waals surface area contributed by atoms with E-state index in [0.717, 1.165) is 34.7 Å². The molecule has 0 radical (unpaired) electrons. The highest BCUT2D eigenvalue weighted by atomic mass is 32.1. The number of carbonyl (C=O) groups is 2. The van der Waals surface area contributed by atoms with Gasteiger partial charge in [0.15, 0.2) is 0 Å². The van der Waals surface area contributed by atoms with Gasteiger partial charge in [0, 0.05) is 42.2 Å². The molecule has 4 rings (SSSR count). The minimum absolute atomic E-state index is 0.0658. The van der Waals surface area contributed by atoms with Crippen LogP contribution in [-0.4, -0.2) is 46.6 Å². The van der Waals surface area contributed by atoms with E-state index in [-0.39, 0.29) is 23.6 Å². The molecule has 0 unspecified atom stereocenters. The fourth-order valence-corrected chi connectivity index (χ4v) is 5.21. The Balaban J connectivity index is 1.40. The average molecular weight is 491 g/mol. The van der Waals surface area contributed by atoms with Gasteiger partial charge in [-0.05, 0) is 49.5 Å². The highest BCUT2D eigenvalue weighted by Gasteiger charge is 2.26. The molecule has 7 nitrogen and oxygen atoms in total. The number of aliphatic hydroxyl groups excluding tert-OH is 1. The first kappa shape index (κ1) is 24.5. The number of hydrogen-bond donors (Lipinski definition) is 3. The van der Waals surface area contributed by atoms with Gasteiger partial charge in [-0.15, -0.1) is 17.9 Å². The van der Waals surface area contributed by atoms with Crippen molar-refractivity contribution in [1.29, 1.82) is 0 Å². The van der Waals surface area contributed by atoms with E-state index in [0.29, 0.717) is 38.2 Å². The van der Waals surface area contributed by atoms with Gasteiger partial charge in [0.25, 0.3) is 5.91 Å². The number of aromatic nitrogens is 1. The summed E-state index contributed by atoms with van der Waals surface area (Å²) in [5.74, 6) is 0.275. The summed E-state index contributed by atoms with van der Waals surface area (Å²) in [4.78, 5) is 31.6. The number of carbonyl (C=O) groups excluding carboxylic acids is 2. The highest BCUT2D eigenvalue weighted by molar-refractivity contribution is 7.10. The number of nitrogens with one attached hydrogen (secondary N) is 2. The van der Waals surface area contributed by atoms with Crippen molar-refractivity contribution in [3.8, 4) is 0 Å². The Morgan fingerprint density at radius 2 is 2.03 bits per heavy atom. The van der Waals surface area contributed by atoms with E-state index in [4.69, 9.17) is 0 Å². The van der Waals surface area contributed by atoms with Gasteiger partial charge in [-0.2, -0.15) is 0 Å². The summed E-state index contributed by atoms with van der Waals surface area (Å²) in [6.07, 6.45) is 12.0. The second kappa shape index (κ2) is 11.7. The van der Waals surface area contributed by atoms with Gasteiger partial charge < -0.3 is 20.6 Å². The molecule has 1 aromatic heterocycles. The van der Waals surface area contributed by atoms with Crippen molar-refractivity contribution in [3.05, 3.63) is 88.6 Å². The van der Waals surface area contributed by atoms with Crippen LogP contribution >= 0.6 is 11.3 Å². The van der Waals surface area contributed by atoms with Gasteiger partial charge in [-0.25, -0.2) is 9.78 Å². The first-order valence-corrected chi connectivity index (χ1v) is 12.7. The van der Waals surface area contributed by atoms with Crippen molar-refractivity contribution < 1.29 is 14.7 Å². The SMILES string of the molecule is C=CCNC(=O)N1CCC(c2nc(C(=O)Nc3ccccc3/C3=C/CC=C(O)/C=C\C3)cs2)CC1. The molecular weight excluding hydrogens is 460 g/mol. The molecule has 1 saturated heterocycles. The second-order valence-corrected chi connectivity index (χ2v) is 9.40. The minimum Gasteiger partial charge on any atom is -0.508 e. The number of amides is 3. The van der Waals surface area contributed by atoms with Crippen molar-refractivity contribution in [2.45, 2.75) is 31.6 Å². The van der Waals surface area contributed by atoms with Crippen LogP contribution in [0.3, 0.4) is 0 Å². The fourth-order valence-electron chi connectivity index (χ4n) is 4.24. The fraction of sp³-hybridized carbons (Fsp3) is 0.296. The van der Waals surface area contributed by atoms with Gasteiger partial charge in [0.2, 0.25) is 0 Å². The largest absolute Gasteiger partial charge is 0.508 e. The Hall–Kier alpha value is -3.65. The van der Waals surface area contributed by atoms with E-state index >= 15 is 0 Å².